The minimum Gasteiger partial charge on any atom is -0.350 e. The van der Waals surface area contributed by atoms with E-state index in [1.165, 1.54) is 0 Å². The molecular weight excluding hydrogens is 300 g/mol. The zero-order chi connectivity index (χ0) is 17.6. The van der Waals surface area contributed by atoms with Gasteiger partial charge in [0.15, 0.2) is 0 Å². The van der Waals surface area contributed by atoms with E-state index in [0.717, 1.165) is 11.1 Å². The normalized spacial score (nSPS) is 11.2. The van der Waals surface area contributed by atoms with E-state index >= 15 is 0 Å². The second-order valence-corrected chi connectivity index (χ2v) is 6.77. The number of hydrogen-bond donors (Lipinski definition) is 2. The first kappa shape index (κ1) is 17.7. The summed E-state index contributed by atoms with van der Waals surface area (Å²) >= 11 is 0. The van der Waals surface area contributed by atoms with Gasteiger partial charge in [0.25, 0.3) is 0 Å². The number of nitrogens with one attached hydrogen (secondary N) is 2. The molecule has 2 amide bonds. The van der Waals surface area contributed by atoms with Crippen LogP contribution in [-0.2, 0) is 9.59 Å². The van der Waals surface area contributed by atoms with E-state index < -0.39 is 5.92 Å². The fraction of sp³-hybridized carbons (Fsp3) is 0.300. The van der Waals surface area contributed by atoms with E-state index in [-0.39, 0.29) is 23.9 Å². The van der Waals surface area contributed by atoms with Crippen LogP contribution in [0.15, 0.2) is 60.7 Å². The Hall–Kier alpha value is -2.62. The van der Waals surface area contributed by atoms with Gasteiger partial charge in [-0.05, 0) is 31.9 Å². The quantitative estimate of drug-likeness (QED) is 0.888. The summed E-state index contributed by atoms with van der Waals surface area (Å²) in [5, 5.41) is 5.59. The number of benzene rings is 2. The van der Waals surface area contributed by atoms with Gasteiger partial charge in [-0.15, -0.1) is 0 Å². The van der Waals surface area contributed by atoms with Gasteiger partial charge in [0.05, 0.1) is 12.5 Å². The third-order valence-electron chi connectivity index (χ3n) is 3.47. The molecule has 4 heteroatoms. The number of hydrogen-bond acceptors (Lipinski definition) is 2. The minimum absolute atomic E-state index is 0.0354. The fourth-order valence-electron chi connectivity index (χ4n) is 2.52. The van der Waals surface area contributed by atoms with Gasteiger partial charge in [-0.2, -0.15) is 0 Å². The first-order chi connectivity index (χ1) is 11.4. The van der Waals surface area contributed by atoms with Gasteiger partial charge in [0.1, 0.15) is 0 Å². The van der Waals surface area contributed by atoms with Crippen LogP contribution in [0.4, 0.5) is 0 Å². The standard InChI is InChI=1S/C20H24N2O2/c1-20(2,3)22-17(23)14-21-19(24)18(15-10-6-4-7-11-15)16-12-8-5-9-13-16/h4-13,18H,14H2,1-3H3,(H,21,24)(H,22,23). The van der Waals surface area contributed by atoms with E-state index in [9.17, 15) is 9.59 Å². The molecule has 4 nitrogen and oxygen atoms in total. The largest absolute Gasteiger partial charge is 0.350 e. The molecule has 2 rings (SSSR count). The Morgan fingerprint density at radius 2 is 1.33 bits per heavy atom. The summed E-state index contributed by atoms with van der Waals surface area (Å²) in [4.78, 5) is 24.7. The van der Waals surface area contributed by atoms with Gasteiger partial charge in [-0.25, -0.2) is 0 Å². The third kappa shape index (κ3) is 5.23. The fourth-order valence-corrected chi connectivity index (χ4v) is 2.52. The monoisotopic (exact) mass is 324 g/mol. The van der Waals surface area contributed by atoms with Crippen molar-refractivity contribution in [3.8, 4) is 0 Å². The highest BCUT2D eigenvalue weighted by atomic mass is 16.2. The maximum atomic E-state index is 12.7. The van der Waals surface area contributed by atoms with E-state index in [0.29, 0.717) is 0 Å². The van der Waals surface area contributed by atoms with Crippen molar-refractivity contribution in [1.29, 1.82) is 0 Å². The second-order valence-electron chi connectivity index (χ2n) is 6.77. The van der Waals surface area contributed by atoms with Crippen LogP contribution in [-0.4, -0.2) is 23.9 Å². The lowest BCUT2D eigenvalue weighted by Crippen LogP contribution is -2.46. The van der Waals surface area contributed by atoms with Crippen LogP contribution in [0.5, 0.6) is 0 Å². The Morgan fingerprint density at radius 1 is 0.875 bits per heavy atom. The van der Waals surface area contributed by atoms with Gasteiger partial charge in [0, 0.05) is 5.54 Å². The second kappa shape index (κ2) is 7.77. The number of carbonyl (C=O) groups excluding carboxylic acids is 2. The summed E-state index contributed by atoms with van der Waals surface area (Å²) < 4.78 is 0. The summed E-state index contributed by atoms with van der Waals surface area (Å²) in [5.41, 5.74) is 1.48. The van der Waals surface area contributed by atoms with Crippen molar-refractivity contribution >= 4 is 11.8 Å². The number of amides is 2. The van der Waals surface area contributed by atoms with Gasteiger partial charge in [-0.1, -0.05) is 60.7 Å². The van der Waals surface area contributed by atoms with Crippen molar-refractivity contribution in [1.82, 2.24) is 10.6 Å². The smallest absolute Gasteiger partial charge is 0.239 e. The van der Waals surface area contributed by atoms with Crippen molar-refractivity contribution in [2.45, 2.75) is 32.2 Å². The summed E-state index contributed by atoms with van der Waals surface area (Å²) in [6, 6.07) is 19.2. The highest BCUT2D eigenvalue weighted by Gasteiger charge is 2.23. The van der Waals surface area contributed by atoms with Crippen molar-refractivity contribution < 1.29 is 9.59 Å². The lowest BCUT2D eigenvalue weighted by atomic mass is 9.90. The molecule has 0 saturated carbocycles. The minimum atomic E-state index is -0.435. The molecule has 2 aromatic rings. The first-order valence-corrected chi connectivity index (χ1v) is 8.05. The predicted molar refractivity (Wildman–Crippen MR) is 95.6 cm³/mol. The van der Waals surface area contributed by atoms with Gasteiger partial charge in [0.2, 0.25) is 11.8 Å². The molecular formula is C20H24N2O2. The highest BCUT2D eigenvalue weighted by molar-refractivity contribution is 5.90. The van der Waals surface area contributed by atoms with E-state index in [2.05, 4.69) is 10.6 Å². The molecule has 126 valence electrons. The van der Waals surface area contributed by atoms with Crippen LogP contribution in [0.2, 0.25) is 0 Å². The molecule has 0 aliphatic heterocycles. The summed E-state index contributed by atoms with van der Waals surface area (Å²) in [5.74, 6) is -0.818. The van der Waals surface area contributed by atoms with Crippen LogP contribution in [0.25, 0.3) is 0 Å². The number of carbonyl (C=O) groups is 2. The lowest BCUT2D eigenvalue weighted by molar-refractivity contribution is -0.127. The van der Waals surface area contributed by atoms with Crippen molar-refractivity contribution in [3.63, 3.8) is 0 Å². The Balaban J connectivity index is 2.13. The Kier molecular flexibility index (Phi) is 5.74. The highest BCUT2D eigenvalue weighted by Crippen LogP contribution is 2.24. The van der Waals surface area contributed by atoms with Crippen LogP contribution in [0, 0.1) is 0 Å². The molecule has 0 fully saturated rings. The maximum absolute atomic E-state index is 12.7. The molecule has 2 aromatic carbocycles. The maximum Gasteiger partial charge on any atom is 0.239 e. The molecule has 0 aliphatic carbocycles. The predicted octanol–water partition coefficient (Wildman–Crippen LogP) is 2.85. The summed E-state index contributed by atoms with van der Waals surface area (Å²) in [7, 11) is 0. The molecule has 0 radical (unpaired) electrons. The van der Waals surface area contributed by atoms with Crippen LogP contribution >= 0.6 is 0 Å². The van der Waals surface area contributed by atoms with Crippen molar-refractivity contribution in [2.24, 2.45) is 0 Å². The summed E-state index contributed by atoms with van der Waals surface area (Å²) in [6.07, 6.45) is 0. The molecule has 2 N–H and O–H groups in total. The topological polar surface area (TPSA) is 58.2 Å². The average molecular weight is 324 g/mol. The molecule has 0 heterocycles. The molecule has 0 bridgehead atoms. The molecule has 24 heavy (non-hydrogen) atoms. The Labute approximate surface area is 143 Å². The molecule has 0 atom stereocenters. The van der Waals surface area contributed by atoms with Crippen molar-refractivity contribution in [3.05, 3.63) is 71.8 Å². The number of rotatable bonds is 5. The molecule has 0 aliphatic rings. The zero-order valence-corrected chi connectivity index (χ0v) is 14.4. The SMILES string of the molecule is CC(C)(C)NC(=O)CNC(=O)C(c1ccccc1)c1ccccc1. The van der Waals surface area contributed by atoms with Crippen LogP contribution in [0.3, 0.4) is 0 Å². The van der Waals surface area contributed by atoms with Gasteiger partial charge < -0.3 is 10.6 Å². The molecule has 0 spiro atoms. The molecule has 0 saturated heterocycles. The first-order valence-electron chi connectivity index (χ1n) is 8.05. The Bertz CT molecular complexity index is 636. The van der Waals surface area contributed by atoms with Gasteiger partial charge in [-0.3, -0.25) is 9.59 Å². The van der Waals surface area contributed by atoms with E-state index in [4.69, 9.17) is 0 Å². The van der Waals surface area contributed by atoms with Crippen LogP contribution < -0.4 is 10.6 Å². The van der Waals surface area contributed by atoms with Gasteiger partial charge >= 0.3 is 0 Å². The average Bonchev–Trinajstić information content (AvgIpc) is 2.54. The molecule has 0 aromatic heterocycles. The van der Waals surface area contributed by atoms with Crippen LogP contribution in [0.1, 0.15) is 37.8 Å². The van der Waals surface area contributed by atoms with E-state index in [1.807, 2.05) is 81.4 Å². The van der Waals surface area contributed by atoms with E-state index in [1.54, 1.807) is 0 Å². The lowest BCUT2D eigenvalue weighted by Gasteiger charge is -2.22. The summed E-state index contributed by atoms with van der Waals surface area (Å²) in [6.45, 7) is 5.68. The van der Waals surface area contributed by atoms with Crippen molar-refractivity contribution in [2.75, 3.05) is 6.54 Å². The zero-order valence-electron chi connectivity index (χ0n) is 14.4. The molecule has 0 unspecified atom stereocenters. The Morgan fingerprint density at radius 3 is 1.75 bits per heavy atom. The third-order valence-corrected chi connectivity index (χ3v) is 3.47.